The first-order valence-corrected chi connectivity index (χ1v) is 6.88. The molecule has 0 unspecified atom stereocenters. The summed E-state index contributed by atoms with van der Waals surface area (Å²) in [5, 5.41) is 23.4. The van der Waals surface area contributed by atoms with Gasteiger partial charge in [0, 0.05) is 19.2 Å². The van der Waals surface area contributed by atoms with E-state index < -0.39 is 11.0 Å². The van der Waals surface area contributed by atoms with Gasteiger partial charge in [-0.15, -0.1) is 0 Å². The number of likely N-dealkylation sites (N-methyl/N-ethyl adjacent to an activating group) is 2. The summed E-state index contributed by atoms with van der Waals surface area (Å²) < 4.78 is 0. The average Bonchev–Trinajstić information content (AvgIpc) is 2.44. The number of hydrogen-bond acceptors (Lipinski definition) is 5. The summed E-state index contributed by atoms with van der Waals surface area (Å²) in [4.78, 5) is 24.0. The summed E-state index contributed by atoms with van der Waals surface area (Å²) >= 11 is 0. The lowest BCUT2D eigenvalue weighted by molar-refractivity contribution is -0.384. The zero-order valence-electron chi connectivity index (χ0n) is 12.5. The van der Waals surface area contributed by atoms with Crippen LogP contribution in [0.1, 0.15) is 32.4 Å². The molecule has 116 valence electrons. The van der Waals surface area contributed by atoms with E-state index >= 15 is 0 Å². The number of amides is 1. The number of nitro groups is 1. The van der Waals surface area contributed by atoms with Gasteiger partial charge in [-0.1, -0.05) is 6.07 Å². The van der Waals surface area contributed by atoms with Crippen molar-refractivity contribution >= 4 is 17.3 Å². The summed E-state index contributed by atoms with van der Waals surface area (Å²) in [7, 11) is 0. The molecule has 7 heteroatoms. The summed E-state index contributed by atoms with van der Waals surface area (Å²) in [5.41, 5.74) is 0.734. The molecule has 0 radical (unpaired) electrons. The topological polar surface area (TPSA) is 95.7 Å². The molecule has 0 aromatic heterocycles. The van der Waals surface area contributed by atoms with Crippen LogP contribution in [0.15, 0.2) is 18.2 Å². The van der Waals surface area contributed by atoms with Gasteiger partial charge in [0.2, 0.25) is 5.91 Å². The van der Waals surface area contributed by atoms with Gasteiger partial charge < -0.3 is 15.3 Å². The van der Waals surface area contributed by atoms with Crippen molar-refractivity contribution in [2.75, 3.05) is 24.5 Å². The number of anilines is 1. The molecule has 0 aliphatic rings. The van der Waals surface area contributed by atoms with Crippen LogP contribution >= 0.6 is 0 Å². The zero-order valence-corrected chi connectivity index (χ0v) is 12.5. The maximum Gasteiger partial charge on any atom is 0.292 e. The molecular weight excluding hydrogens is 274 g/mol. The molecule has 0 aliphatic carbocycles. The molecule has 1 amide bonds. The second-order valence-electron chi connectivity index (χ2n) is 4.65. The smallest absolute Gasteiger partial charge is 0.292 e. The number of carbonyl (C=O) groups excluding carboxylic acids is 1. The molecule has 0 saturated carbocycles. The Morgan fingerprint density at radius 3 is 2.62 bits per heavy atom. The Labute approximate surface area is 123 Å². The number of nitrogens with one attached hydrogen (secondary N) is 1. The molecule has 0 fully saturated rings. The van der Waals surface area contributed by atoms with Crippen molar-refractivity contribution < 1.29 is 14.8 Å². The van der Waals surface area contributed by atoms with Gasteiger partial charge in [-0.25, -0.2) is 0 Å². The predicted octanol–water partition coefficient (Wildman–Crippen LogP) is 1.61. The van der Waals surface area contributed by atoms with Gasteiger partial charge in [0.1, 0.15) is 5.69 Å². The third-order valence-corrected chi connectivity index (χ3v) is 3.11. The van der Waals surface area contributed by atoms with Crippen molar-refractivity contribution in [3.63, 3.8) is 0 Å². The van der Waals surface area contributed by atoms with Gasteiger partial charge in [-0.2, -0.15) is 0 Å². The average molecular weight is 295 g/mol. The zero-order chi connectivity index (χ0) is 16.0. The van der Waals surface area contributed by atoms with Crippen LogP contribution in [0.2, 0.25) is 0 Å². The lowest BCUT2D eigenvalue weighted by Gasteiger charge is -2.22. The monoisotopic (exact) mass is 295 g/mol. The Hall–Kier alpha value is -2.15. The van der Waals surface area contributed by atoms with Crippen LogP contribution in [0, 0.1) is 10.1 Å². The number of nitrogens with zero attached hydrogens (tertiary/aromatic N) is 2. The molecule has 2 N–H and O–H groups in total. The van der Waals surface area contributed by atoms with Crippen LogP contribution < -0.4 is 10.2 Å². The van der Waals surface area contributed by atoms with Gasteiger partial charge in [0.05, 0.1) is 17.6 Å². The van der Waals surface area contributed by atoms with Crippen molar-refractivity contribution in [3.05, 3.63) is 33.9 Å². The van der Waals surface area contributed by atoms with Gasteiger partial charge in [-0.05, 0) is 32.4 Å². The van der Waals surface area contributed by atoms with Gasteiger partial charge >= 0.3 is 0 Å². The molecule has 1 rings (SSSR count). The van der Waals surface area contributed by atoms with Crippen molar-refractivity contribution in [1.29, 1.82) is 0 Å². The van der Waals surface area contributed by atoms with Crippen LogP contribution in [-0.4, -0.2) is 35.6 Å². The van der Waals surface area contributed by atoms with Gasteiger partial charge in [-0.3, -0.25) is 14.9 Å². The van der Waals surface area contributed by atoms with Crippen molar-refractivity contribution in [2.45, 2.75) is 26.9 Å². The predicted molar refractivity (Wildman–Crippen MR) is 80.3 cm³/mol. The number of aliphatic hydroxyl groups is 1. The first kappa shape index (κ1) is 16.9. The molecule has 0 heterocycles. The number of rotatable bonds is 7. The van der Waals surface area contributed by atoms with Crippen LogP contribution in [0.5, 0.6) is 0 Å². The number of nitro benzene ring substituents is 1. The summed E-state index contributed by atoms with van der Waals surface area (Å²) in [6.45, 7) is 6.22. The van der Waals surface area contributed by atoms with E-state index in [0.717, 1.165) is 0 Å². The highest BCUT2D eigenvalue weighted by Crippen LogP contribution is 2.31. The highest BCUT2D eigenvalue weighted by atomic mass is 16.6. The molecule has 0 saturated heterocycles. The third kappa shape index (κ3) is 4.42. The number of aliphatic hydroxyl groups excluding tert-OH is 1. The third-order valence-electron chi connectivity index (χ3n) is 3.11. The van der Waals surface area contributed by atoms with E-state index in [2.05, 4.69) is 5.32 Å². The van der Waals surface area contributed by atoms with Crippen LogP contribution in [-0.2, 0) is 4.79 Å². The first-order chi connectivity index (χ1) is 9.90. The molecule has 0 bridgehead atoms. The summed E-state index contributed by atoms with van der Waals surface area (Å²) in [6.07, 6.45) is -0.781. The van der Waals surface area contributed by atoms with Crippen molar-refractivity contribution in [3.8, 4) is 0 Å². The second-order valence-corrected chi connectivity index (χ2v) is 4.65. The molecule has 7 nitrogen and oxygen atoms in total. The van der Waals surface area contributed by atoms with E-state index in [1.54, 1.807) is 24.0 Å². The molecule has 0 spiro atoms. The number of benzene rings is 1. The minimum Gasteiger partial charge on any atom is -0.389 e. The minimum atomic E-state index is -0.781. The number of carbonyl (C=O) groups is 1. The Morgan fingerprint density at radius 1 is 1.48 bits per heavy atom. The Morgan fingerprint density at radius 2 is 2.14 bits per heavy atom. The fourth-order valence-electron chi connectivity index (χ4n) is 2.01. The second kappa shape index (κ2) is 7.58. The summed E-state index contributed by atoms with van der Waals surface area (Å²) in [5.74, 6) is -0.187. The van der Waals surface area contributed by atoms with E-state index in [-0.39, 0.29) is 18.1 Å². The maximum atomic E-state index is 11.7. The van der Waals surface area contributed by atoms with Crippen LogP contribution in [0.25, 0.3) is 0 Å². The maximum absolute atomic E-state index is 11.7. The van der Waals surface area contributed by atoms with E-state index in [9.17, 15) is 20.0 Å². The van der Waals surface area contributed by atoms with Crippen LogP contribution in [0.4, 0.5) is 11.4 Å². The van der Waals surface area contributed by atoms with E-state index in [0.29, 0.717) is 24.3 Å². The highest BCUT2D eigenvalue weighted by molar-refractivity contribution is 5.82. The number of hydrogen-bond donors (Lipinski definition) is 2. The Bertz CT molecular complexity index is 517. The van der Waals surface area contributed by atoms with Crippen molar-refractivity contribution in [1.82, 2.24) is 5.32 Å². The minimum absolute atomic E-state index is 0.0548. The standard InChI is InChI=1S/C14H21N3O4/c1-4-15-14(19)9-16(5-2)12-7-6-11(10(3)18)8-13(12)17(20)21/h6-8,10,18H,4-5,9H2,1-3H3,(H,15,19)/t10-/m1/s1. The lowest BCUT2D eigenvalue weighted by Crippen LogP contribution is -2.37. The molecule has 1 aromatic rings. The molecule has 0 aliphatic heterocycles. The SMILES string of the molecule is CCNC(=O)CN(CC)c1ccc([C@@H](C)O)cc1[N+](=O)[O-]. The fraction of sp³-hybridized carbons (Fsp3) is 0.500. The highest BCUT2D eigenvalue weighted by Gasteiger charge is 2.21. The van der Waals surface area contributed by atoms with E-state index in [4.69, 9.17) is 0 Å². The molecule has 21 heavy (non-hydrogen) atoms. The first-order valence-electron chi connectivity index (χ1n) is 6.88. The quantitative estimate of drug-likeness (QED) is 0.588. The summed E-state index contributed by atoms with van der Waals surface area (Å²) in [6, 6.07) is 4.55. The lowest BCUT2D eigenvalue weighted by atomic mass is 10.1. The molecule has 1 aromatic carbocycles. The molecular formula is C14H21N3O4. The van der Waals surface area contributed by atoms with Gasteiger partial charge in [0.15, 0.2) is 0 Å². The van der Waals surface area contributed by atoms with Crippen LogP contribution in [0.3, 0.4) is 0 Å². The van der Waals surface area contributed by atoms with E-state index in [1.807, 2.05) is 13.8 Å². The Balaban J connectivity index is 3.13. The van der Waals surface area contributed by atoms with E-state index in [1.165, 1.54) is 6.07 Å². The Kier molecular flexibility index (Phi) is 6.10. The van der Waals surface area contributed by atoms with Gasteiger partial charge in [0.25, 0.3) is 5.69 Å². The van der Waals surface area contributed by atoms with Crippen molar-refractivity contribution in [2.24, 2.45) is 0 Å². The molecule has 1 atom stereocenters. The largest absolute Gasteiger partial charge is 0.389 e. The normalized spacial score (nSPS) is 11.8. The fourth-order valence-corrected chi connectivity index (χ4v) is 2.01.